The minimum atomic E-state index is -0.527. The van der Waals surface area contributed by atoms with Gasteiger partial charge in [-0.15, -0.1) is 0 Å². The molecule has 0 atom stereocenters. The van der Waals surface area contributed by atoms with E-state index in [1.807, 2.05) is 36.4 Å². The highest BCUT2D eigenvalue weighted by molar-refractivity contribution is 5.92. The van der Waals surface area contributed by atoms with E-state index in [0.29, 0.717) is 35.2 Å². The quantitative estimate of drug-likeness (QED) is 0.571. The van der Waals surface area contributed by atoms with Gasteiger partial charge in [-0.1, -0.05) is 36.4 Å². The average molecular weight is 345 g/mol. The number of hydrogen-bond donors (Lipinski definition) is 2. The fraction of sp³-hybridized carbons (Fsp3) is 0.0556. The second-order valence-corrected chi connectivity index (χ2v) is 5.60. The number of rotatable bonds is 5. The summed E-state index contributed by atoms with van der Waals surface area (Å²) in [5.74, 6) is 0.339. The van der Waals surface area contributed by atoms with Gasteiger partial charge in [0.2, 0.25) is 5.95 Å². The number of aromatic nitrogens is 5. The second kappa shape index (κ2) is 6.60. The maximum absolute atomic E-state index is 11.6. The lowest BCUT2D eigenvalue weighted by molar-refractivity contribution is 0.0994. The van der Waals surface area contributed by atoms with E-state index >= 15 is 0 Å². The molecule has 3 heterocycles. The van der Waals surface area contributed by atoms with E-state index in [4.69, 9.17) is 5.73 Å². The number of hydrogen-bond acceptors (Lipinski definition) is 6. The summed E-state index contributed by atoms with van der Waals surface area (Å²) in [6, 6.07) is 15.2. The van der Waals surface area contributed by atoms with E-state index in [9.17, 15) is 4.79 Å². The normalized spacial score (nSPS) is 10.8. The molecule has 0 saturated heterocycles. The van der Waals surface area contributed by atoms with Gasteiger partial charge >= 0.3 is 0 Å². The first-order valence-electron chi connectivity index (χ1n) is 7.95. The number of nitrogens with two attached hydrogens (primary N) is 1. The Kier molecular flexibility index (Phi) is 3.98. The molecular weight excluding hydrogens is 330 g/mol. The van der Waals surface area contributed by atoms with E-state index in [2.05, 4.69) is 25.3 Å². The Balaban J connectivity index is 1.65. The van der Waals surface area contributed by atoms with Crippen LogP contribution < -0.4 is 11.1 Å². The first-order chi connectivity index (χ1) is 12.7. The van der Waals surface area contributed by atoms with Crippen LogP contribution in [0.2, 0.25) is 0 Å². The average Bonchev–Trinajstić information content (AvgIpc) is 3.11. The van der Waals surface area contributed by atoms with Crippen molar-refractivity contribution >= 4 is 17.4 Å². The molecule has 0 spiro atoms. The van der Waals surface area contributed by atoms with Crippen LogP contribution in [0.3, 0.4) is 0 Å². The summed E-state index contributed by atoms with van der Waals surface area (Å²) in [6.45, 7) is 0.597. The summed E-state index contributed by atoms with van der Waals surface area (Å²) in [6.07, 6.45) is 2.96. The molecule has 4 aromatic rings. The van der Waals surface area contributed by atoms with Gasteiger partial charge in [0, 0.05) is 6.54 Å². The standard InChI is InChI=1S/C18H15N7O/c19-16(26)14-8-4-7-13-15(23-11-25(13)14)17-21-10-22-18(24-17)20-9-12-5-2-1-3-6-12/h1-8,10-11H,9H2,(H2,19,26)(H,20,21,22,24). The molecule has 0 unspecified atom stereocenters. The monoisotopic (exact) mass is 345 g/mol. The van der Waals surface area contributed by atoms with Crippen LogP contribution in [0.5, 0.6) is 0 Å². The van der Waals surface area contributed by atoms with Crippen LogP contribution in [0.25, 0.3) is 17.0 Å². The van der Waals surface area contributed by atoms with E-state index in [1.54, 1.807) is 16.5 Å². The van der Waals surface area contributed by atoms with Crippen LogP contribution in [0.15, 0.2) is 61.2 Å². The SMILES string of the molecule is NC(=O)c1cccc2c(-c3ncnc(NCc4ccccc4)n3)ncn12. The predicted molar refractivity (Wildman–Crippen MR) is 96.3 cm³/mol. The zero-order valence-electron chi connectivity index (χ0n) is 13.7. The fourth-order valence-corrected chi connectivity index (χ4v) is 2.67. The Morgan fingerprint density at radius 1 is 1.04 bits per heavy atom. The number of nitrogens with one attached hydrogen (secondary N) is 1. The Labute approximate surface area is 148 Å². The Bertz CT molecular complexity index is 1080. The number of fused-ring (bicyclic) bond motifs is 1. The van der Waals surface area contributed by atoms with Gasteiger partial charge in [0.05, 0.1) is 5.52 Å². The van der Waals surface area contributed by atoms with Crippen molar-refractivity contribution in [1.29, 1.82) is 0 Å². The summed E-state index contributed by atoms with van der Waals surface area (Å²) in [4.78, 5) is 28.7. The van der Waals surface area contributed by atoms with Gasteiger partial charge in [-0.2, -0.15) is 4.98 Å². The van der Waals surface area contributed by atoms with E-state index in [-0.39, 0.29) is 0 Å². The number of carbonyl (C=O) groups excluding carboxylic acids is 1. The first-order valence-corrected chi connectivity index (χ1v) is 7.95. The molecular formula is C18H15N7O. The Hall–Kier alpha value is -3.81. The molecule has 8 heteroatoms. The lowest BCUT2D eigenvalue weighted by atomic mass is 10.2. The van der Waals surface area contributed by atoms with Crippen LogP contribution in [0, 0.1) is 0 Å². The van der Waals surface area contributed by atoms with Gasteiger partial charge in [-0.25, -0.2) is 15.0 Å². The maximum atomic E-state index is 11.6. The Morgan fingerprint density at radius 3 is 2.69 bits per heavy atom. The third-order valence-electron chi connectivity index (χ3n) is 3.90. The van der Waals surface area contributed by atoms with Crippen molar-refractivity contribution in [3.63, 3.8) is 0 Å². The number of benzene rings is 1. The van der Waals surface area contributed by atoms with Crippen molar-refractivity contribution in [2.24, 2.45) is 5.73 Å². The summed E-state index contributed by atoms with van der Waals surface area (Å²) in [5.41, 5.74) is 8.12. The number of carbonyl (C=O) groups is 1. The van der Waals surface area contributed by atoms with E-state index < -0.39 is 5.91 Å². The number of anilines is 1. The summed E-state index contributed by atoms with van der Waals surface area (Å²) < 4.78 is 1.62. The van der Waals surface area contributed by atoms with Crippen molar-refractivity contribution in [3.05, 3.63) is 72.4 Å². The molecule has 4 rings (SSSR count). The second-order valence-electron chi connectivity index (χ2n) is 5.60. The summed E-state index contributed by atoms with van der Waals surface area (Å²) in [5, 5.41) is 3.17. The molecule has 0 radical (unpaired) electrons. The zero-order valence-corrected chi connectivity index (χ0v) is 13.7. The number of primary amides is 1. The molecule has 0 aliphatic rings. The highest BCUT2D eigenvalue weighted by Gasteiger charge is 2.14. The summed E-state index contributed by atoms with van der Waals surface area (Å²) >= 11 is 0. The van der Waals surface area contributed by atoms with Gasteiger partial charge in [-0.05, 0) is 17.7 Å². The van der Waals surface area contributed by atoms with Crippen LogP contribution >= 0.6 is 0 Å². The molecule has 0 aliphatic heterocycles. The maximum Gasteiger partial charge on any atom is 0.265 e. The third kappa shape index (κ3) is 2.95. The number of nitrogens with zero attached hydrogens (tertiary/aromatic N) is 5. The third-order valence-corrected chi connectivity index (χ3v) is 3.90. The molecule has 0 bridgehead atoms. The van der Waals surface area contributed by atoms with E-state index in [1.165, 1.54) is 12.7 Å². The van der Waals surface area contributed by atoms with Crippen molar-refractivity contribution < 1.29 is 4.79 Å². The van der Waals surface area contributed by atoms with Crippen molar-refractivity contribution in [3.8, 4) is 11.5 Å². The molecule has 3 aromatic heterocycles. The highest BCUT2D eigenvalue weighted by atomic mass is 16.1. The van der Waals surface area contributed by atoms with Crippen molar-refractivity contribution in [2.45, 2.75) is 6.54 Å². The smallest absolute Gasteiger partial charge is 0.265 e. The summed E-state index contributed by atoms with van der Waals surface area (Å²) in [7, 11) is 0. The minimum Gasteiger partial charge on any atom is -0.364 e. The molecule has 8 nitrogen and oxygen atoms in total. The van der Waals surface area contributed by atoms with Crippen molar-refractivity contribution in [1.82, 2.24) is 24.3 Å². The van der Waals surface area contributed by atoms with Gasteiger partial charge in [0.1, 0.15) is 24.0 Å². The predicted octanol–water partition coefficient (Wildman–Crippen LogP) is 1.90. The Morgan fingerprint density at radius 2 is 1.88 bits per heavy atom. The number of pyridine rings is 1. The molecule has 26 heavy (non-hydrogen) atoms. The topological polar surface area (TPSA) is 111 Å². The molecule has 0 fully saturated rings. The number of imidazole rings is 1. The van der Waals surface area contributed by atoms with Crippen molar-refractivity contribution in [2.75, 3.05) is 5.32 Å². The van der Waals surface area contributed by atoms with Gasteiger partial charge in [-0.3, -0.25) is 9.20 Å². The van der Waals surface area contributed by atoms with Crippen LogP contribution in [-0.4, -0.2) is 30.2 Å². The van der Waals surface area contributed by atoms with Crippen LogP contribution in [-0.2, 0) is 6.54 Å². The van der Waals surface area contributed by atoms with Gasteiger partial charge < -0.3 is 11.1 Å². The lowest BCUT2D eigenvalue weighted by Gasteiger charge is -2.06. The zero-order chi connectivity index (χ0) is 17.9. The van der Waals surface area contributed by atoms with Crippen LogP contribution in [0.4, 0.5) is 5.95 Å². The molecule has 0 saturated carbocycles. The van der Waals surface area contributed by atoms with Gasteiger partial charge in [0.15, 0.2) is 5.82 Å². The number of amides is 1. The molecule has 0 aliphatic carbocycles. The fourth-order valence-electron chi connectivity index (χ4n) is 2.67. The van der Waals surface area contributed by atoms with Crippen LogP contribution in [0.1, 0.15) is 16.1 Å². The first kappa shape index (κ1) is 15.7. The highest BCUT2D eigenvalue weighted by Crippen LogP contribution is 2.21. The van der Waals surface area contributed by atoms with E-state index in [0.717, 1.165) is 5.56 Å². The van der Waals surface area contributed by atoms with Gasteiger partial charge in [0.25, 0.3) is 5.91 Å². The molecule has 1 amide bonds. The molecule has 1 aromatic carbocycles. The minimum absolute atomic E-state index is 0.345. The molecule has 3 N–H and O–H groups in total. The molecule has 128 valence electrons. The lowest BCUT2D eigenvalue weighted by Crippen LogP contribution is -2.14. The largest absolute Gasteiger partial charge is 0.364 e.